The number of aryl methyl sites for hydroxylation is 1. The molecule has 1 heterocycles. The molecule has 0 aromatic carbocycles. The van der Waals surface area contributed by atoms with E-state index in [1.165, 1.54) is 6.07 Å². The van der Waals surface area contributed by atoms with E-state index in [0.29, 0.717) is 21.6 Å². The van der Waals surface area contributed by atoms with Gasteiger partial charge in [-0.1, -0.05) is 0 Å². The van der Waals surface area contributed by atoms with Gasteiger partial charge in [0.2, 0.25) is 0 Å². The Labute approximate surface area is 89.6 Å². The molecule has 5 nitrogen and oxygen atoms in total. The molecule has 82 valence electrons. The highest BCUT2D eigenvalue weighted by Crippen LogP contribution is 2.29. The minimum absolute atomic E-state index is 0.298. The van der Waals surface area contributed by atoms with Gasteiger partial charge in [-0.2, -0.15) is 0 Å². The molecular formula is C9H10O5S. The summed E-state index contributed by atoms with van der Waals surface area (Å²) in [5.41, 5.74) is 0.593. The van der Waals surface area contributed by atoms with Crippen LogP contribution in [0.25, 0.3) is 0 Å². The number of carbonyl (C=O) groups excluding carboxylic acids is 1. The van der Waals surface area contributed by atoms with Crippen molar-refractivity contribution in [3.63, 3.8) is 0 Å². The zero-order valence-corrected chi connectivity index (χ0v) is 8.69. The van der Waals surface area contributed by atoms with E-state index in [4.69, 9.17) is 10.2 Å². The molecule has 1 aromatic heterocycles. The second kappa shape index (κ2) is 4.52. The first kappa shape index (κ1) is 11.8. The van der Waals surface area contributed by atoms with E-state index in [-0.39, 0.29) is 0 Å². The lowest BCUT2D eigenvalue weighted by molar-refractivity contribution is -0.152. The molecule has 0 amide bonds. The van der Waals surface area contributed by atoms with Crippen LogP contribution in [-0.2, 0) is 4.79 Å². The van der Waals surface area contributed by atoms with E-state index in [0.717, 1.165) is 11.3 Å². The molecule has 0 saturated heterocycles. The van der Waals surface area contributed by atoms with Gasteiger partial charge >= 0.3 is 5.97 Å². The highest BCUT2D eigenvalue weighted by molar-refractivity contribution is 7.13. The molecule has 0 aliphatic rings. The number of carbonyl (C=O) groups is 2. The summed E-state index contributed by atoms with van der Waals surface area (Å²) < 4.78 is 0. The molecule has 2 unspecified atom stereocenters. The van der Waals surface area contributed by atoms with Crippen molar-refractivity contribution in [2.75, 3.05) is 0 Å². The van der Waals surface area contributed by atoms with Crippen LogP contribution in [0, 0.1) is 6.92 Å². The van der Waals surface area contributed by atoms with Crippen LogP contribution < -0.4 is 0 Å². The van der Waals surface area contributed by atoms with Crippen LogP contribution >= 0.6 is 11.3 Å². The molecule has 0 fully saturated rings. The lowest BCUT2D eigenvalue weighted by Gasteiger charge is -2.12. The zero-order chi connectivity index (χ0) is 11.6. The SMILES string of the molecule is Cc1cc(C=O)sc1C(O)C(O)C(=O)O. The van der Waals surface area contributed by atoms with E-state index in [1.807, 2.05) is 0 Å². The molecule has 0 aliphatic heterocycles. The molecule has 2 atom stereocenters. The Kier molecular flexibility index (Phi) is 3.57. The van der Waals surface area contributed by atoms with Gasteiger partial charge in [-0.05, 0) is 18.6 Å². The third-order valence-electron chi connectivity index (χ3n) is 1.91. The fourth-order valence-corrected chi connectivity index (χ4v) is 2.16. The standard InChI is InChI=1S/C9H10O5S/c1-4-2-5(3-10)15-8(4)6(11)7(12)9(13)14/h2-3,6-7,11-12H,1H3,(H,13,14). The Morgan fingerprint density at radius 3 is 2.53 bits per heavy atom. The van der Waals surface area contributed by atoms with Gasteiger partial charge in [-0.25, -0.2) is 4.79 Å². The Morgan fingerprint density at radius 2 is 2.13 bits per heavy atom. The topological polar surface area (TPSA) is 94.8 Å². The number of aliphatic hydroxyl groups excluding tert-OH is 2. The van der Waals surface area contributed by atoms with Crippen LogP contribution in [0.3, 0.4) is 0 Å². The molecule has 0 radical (unpaired) electrons. The number of aldehydes is 1. The zero-order valence-electron chi connectivity index (χ0n) is 7.88. The second-order valence-electron chi connectivity index (χ2n) is 3.04. The molecule has 15 heavy (non-hydrogen) atoms. The third kappa shape index (κ3) is 2.41. The fraction of sp³-hybridized carbons (Fsp3) is 0.333. The third-order valence-corrected chi connectivity index (χ3v) is 3.15. The highest BCUT2D eigenvalue weighted by atomic mass is 32.1. The summed E-state index contributed by atoms with van der Waals surface area (Å²) in [6.07, 6.45) is -2.76. The van der Waals surface area contributed by atoms with Crippen molar-refractivity contribution in [1.29, 1.82) is 0 Å². The fourth-order valence-electron chi connectivity index (χ4n) is 1.15. The number of rotatable bonds is 4. The van der Waals surface area contributed by atoms with Gasteiger partial charge in [0, 0.05) is 4.88 Å². The number of aliphatic carboxylic acids is 1. The second-order valence-corrected chi connectivity index (χ2v) is 4.16. The number of thiophene rings is 1. The predicted molar refractivity (Wildman–Crippen MR) is 53.0 cm³/mol. The lowest BCUT2D eigenvalue weighted by Crippen LogP contribution is -2.27. The van der Waals surface area contributed by atoms with Gasteiger partial charge in [0.05, 0.1) is 4.88 Å². The smallest absolute Gasteiger partial charge is 0.335 e. The molecule has 1 rings (SSSR count). The van der Waals surface area contributed by atoms with Crippen LogP contribution in [-0.4, -0.2) is 33.7 Å². The van der Waals surface area contributed by atoms with Crippen LogP contribution in [0.2, 0.25) is 0 Å². The van der Waals surface area contributed by atoms with E-state index in [2.05, 4.69) is 0 Å². The maximum absolute atomic E-state index is 10.4. The van der Waals surface area contributed by atoms with Crippen molar-refractivity contribution in [2.24, 2.45) is 0 Å². The van der Waals surface area contributed by atoms with Gasteiger partial charge in [-0.15, -0.1) is 11.3 Å². The quantitative estimate of drug-likeness (QED) is 0.649. The van der Waals surface area contributed by atoms with E-state index in [9.17, 15) is 14.7 Å². The van der Waals surface area contributed by atoms with Crippen molar-refractivity contribution in [3.8, 4) is 0 Å². The van der Waals surface area contributed by atoms with Crippen molar-refractivity contribution < 1.29 is 24.9 Å². The van der Waals surface area contributed by atoms with Crippen LogP contribution in [0.15, 0.2) is 6.07 Å². The molecule has 1 aromatic rings. The molecule has 0 spiro atoms. The van der Waals surface area contributed by atoms with E-state index < -0.39 is 18.2 Å². The van der Waals surface area contributed by atoms with Crippen molar-refractivity contribution in [2.45, 2.75) is 19.1 Å². The van der Waals surface area contributed by atoms with Gasteiger partial charge in [0.1, 0.15) is 6.10 Å². The summed E-state index contributed by atoms with van der Waals surface area (Å²) >= 11 is 0.972. The Balaban J connectivity index is 2.99. The Bertz CT molecular complexity index is 384. The largest absolute Gasteiger partial charge is 0.479 e. The Morgan fingerprint density at radius 1 is 1.53 bits per heavy atom. The number of carboxylic acid groups (broad SMARTS) is 1. The molecule has 0 aliphatic carbocycles. The van der Waals surface area contributed by atoms with E-state index >= 15 is 0 Å². The first-order valence-electron chi connectivity index (χ1n) is 4.11. The van der Waals surface area contributed by atoms with Gasteiger partial charge in [-0.3, -0.25) is 4.79 Å². The van der Waals surface area contributed by atoms with Crippen LogP contribution in [0.1, 0.15) is 26.2 Å². The molecule has 3 N–H and O–H groups in total. The molecule has 0 saturated carbocycles. The van der Waals surface area contributed by atoms with Crippen LogP contribution in [0.4, 0.5) is 0 Å². The number of hydrogen-bond donors (Lipinski definition) is 3. The van der Waals surface area contributed by atoms with Gasteiger partial charge < -0.3 is 15.3 Å². The average Bonchev–Trinajstić information content (AvgIpc) is 2.57. The van der Waals surface area contributed by atoms with Gasteiger partial charge in [0.25, 0.3) is 0 Å². The lowest BCUT2D eigenvalue weighted by atomic mass is 10.1. The average molecular weight is 230 g/mol. The summed E-state index contributed by atoms with van der Waals surface area (Å²) in [4.78, 5) is 21.6. The predicted octanol–water partition coefficient (Wildman–Crippen LogP) is 0.348. The monoisotopic (exact) mass is 230 g/mol. The molecule has 0 bridgehead atoms. The maximum Gasteiger partial charge on any atom is 0.335 e. The number of hydrogen-bond acceptors (Lipinski definition) is 5. The summed E-state index contributed by atoms with van der Waals surface area (Å²) in [5.74, 6) is -1.50. The van der Waals surface area contributed by atoms with Crippen molar-refractivity contribution >= 4 is 23.6 Å². The number of aliphatic hydroxyl groups is 2. The summed E-state index contributed by atoms with van der Waals surface area (Å²) in [7, 11) is 0. The minimum atomic E-state index is -1.87. The Hall–Kier alpha value is -1.24. The van der Waals surface area contributed by atoms with E-state index in [1.54, 1.807) is 6.92 Å². The normalized spacial score (nSPS) is 14.6. The minimum Gasteiger partial charge on any atom is -0.479 e. The summed E-state index contributed by atoms with van der Waals surface area (Å²) in [6.45, 7) is 1.64. The highest BCUT2D eigenvalue weighted by Gasteiger charge is 2.27. The molecule has 6 heteroatoms. The maximum atomic E-state index is 10.4. The summed E-state index contributed by atoms with van der Waals surface area (Å²) in [5, 5.41) is 27.1. The van der Waals surface area contributed by atoms with Gasteiger partial charge in [0.15, 0.2) is 12.4 Å². The number of carboxylic acids is 1. The van der Waals surface area contributed by atoms with Crippen LogP contribution in [0.5, 0.6) is 0 Å². The first-order valence-corrected chi connectivity index (χ1v) is 4.93. The van der Waals surface area contributed by atoms with Crippen molar-refractivity contribution in [3.05, 3.63) is 21.4 Å². The summed E-state index contributed by atoms with van der Waals surface area (Å²) in [6, 6.07) is 1.53. The first-order chi connectivity index (χ1) is 6.97. The molecular weight excluding hydrogens is 220 g/mol. The van der Waals surface area contributed by atoms with Crippen molar-refractivity contribution in [1.82, 2.24) is 0 Å².